The lowest BCUT2D eigenvalue weighted by Crippen LogP contribution is -2.38. The first-order chi connectivity index (χ1) is 8.38. The van der Waals surface area contributed by atoms with Crippen LogP contribution in [0.4, 0.5) is 0 Å². The molecule has 6 heteroatoms. The van der Waals surface area contributed by atoms with Crippen molar-refractivity contribution < 1.29 is 12.8 Å². The molecule has 0 spiro atoms. The van der Waals surface area contributed by atoms with E-state index in [0.29, 0.717) is 18.1 Å². The molecule has 1 aromatic heterocycles. The van der Waals surface area contributed by atoms with Crippen LogP contribution < -0.4 is 0 Å². The van der Waals surface area contributed by atoms with Crippen LogP contribution in [0.3, 0.4) is 0 Å². The highest BCUT2D eigenvalue weighted by Crippen LogP contribution is 2.26. The minimum absolute atomic E-state index is 0.0336. The first-order valence-electron chi connectivity index (χ1n) is 6.05. The molecular formula is C12H20ClNO3S. The molecular weight excluding hydrogens is 274 g/mol. The van der Waals surface area contributed by atoms with E-state index in [4.69, 9.17) is 16.0 Å². The van der Waals surface area contributed by atoms with E-state index in [2.05, 4.69) is 0 Å². The highest BCUT2D eigenvalue weighted by Gasteiger charge is 2.30. The topological polar surface area (TPSA) is 50.5 Å². The van der Waals surface area contributed by atoms with Crippen LogP contribution in [0.2, 0.25) is 0 Å². The minimum Gasteiger partial charge on any atom is -0.464 e. The van der Waals surface area contributed by atoms with Gasteiger partial charge in [-0.2, -0.15) is 4.31 Å². The van der Waals surface area contributed by atoms with Crippen LogP contribution >= 0.6 is 11.6 Å². The third kappa shape index (κ3) is 2.90. The Kier molecular flexibility index (Phi) is 5.25. The molecule has 1 unspecified atom stereocenters. The van der Waals surface area contributed by atoms with E-state index in [1.807, 2.05) is 20.8 Å². The molecule has 0 radical (unpaired) electrons. The van der Waals surface area contributed by atoms with Gasteiger partial charge in [-0.25, -0.2) is 8.42 Å². The first-order valence-corrected chi connectivity index (χ1v) is 8.03. The van der Waals surface area contributed by atoms with Gasteiger partial charge in [-0.15, -0.1) is 11.6 Å². The fourth-order valence-corrected chi connectivity index (χ4v) is 3.93. The summed E-state index contributed by atoms with van der Waals surface area (Å²) in [6.07, 6.45) is 0.770. The molecule has 1 heterocycles. The monoisotopic (exact) mass is 293 g/mol. The van der Waals surface area contributed by atoms with Crippen LogP contribution in [0.15, 0.2) is 15.4 Å². The first kappa shape index (κ1) is 15.5. The minimum atomic E-state index is -3.50. The molecule has 0 aliphatic rings. The molecule has 1 aromatic rings. The summed E-state index contributed by atoms with van der Waals surface area (Å²) in [5.41, 5.74) is 0. The van der Waals surface area contributed by atoms with Gasteiger partial charge >= 0.3 is 0 Å². The number of nitrogens with zero attached hydrogens (tertiary/aromatic N) is 1. The van der Waals surface area contributed by atoms with E-state index in [-0.39, 0.29) is 16.8 Å². The summed E-state index contributed by atoms with van der Waals surface area (Å²) in [7, 11) is -3.50. The summed E-state index contributed by atoms with van der Waals surface area (Å²) >= 11 is 5.66. The van der Waals surface area contributed by atoms with Gasteiger partial charge in [0.25, 0.3) is 0 Å². The highest BCUT2D eigenvalue weighted by atomic mass is 35.5. The number of aryl methyl sites for hydroxylation is 1. The second kappa shape index (κ2) is 6.08. The van der Waals surface area contributed by atoms with Gasteiger partial charge in [-0.05, 0) is 20.3 Å². The van der Waals surface area contributed by atoms with Crippen LogP contribution in [-0.2, 0) is 15.9 Å². The summed E-state index contributed by atoms with van der Waals surface area (Å²) in [4.78, 5) is 0.223. The molecule has 0 aliphatic heterocycles. The number of alkyl halides is 1. The Morgan fingerprint density at radius 1 is 1.44 bits per heavy atom. The van der Waals surface area contributed by atoms with Crippen molar-refractivity contribution in [2.24, 2.45) is 0 Å². The third-order valence-electron chi connectivity index (χ3n) is 3.04. The normalized spacial score (nSPS) is 14.1. The van der Waals surface area contributed by atoms with Gasteiger partial charge < -0.3 is 4.42 Å². The maximum absolute atomic E-state index is 12.5. The van der Waals surface area contributed by atoms with Crippen molar-refractivity contribution >= 4 is 21.6 Å². The molecule has 4 nitrogen and oxygen atoms in total. The van der Waals surface area contributed by atoms with Crippen molar-refractivity contribution in [3.63, 3.8) is 0 Å². The summed E-state index contributed by atoms with van der Waals surface area (Å²) in [6.45, 7) is 7.79. The molecule has 0 N–H and O–H groups in total. The van der Waals surface area contributed by atoms with Gasteiger partial charge in [0.15, 0.2) is 0 Å². The lowest BCUT2D eigenvalue weighted by Gasteiger charge is -2.25. The average molecular weight is 294 g/mol. The molecule has 0 aliphatic carbocycles. The van der Waals surface area contributed by atoms with E-state index in [0.717, 1.165) is 6.42 Å². The van der Waals surface area contributed by atoms with E-state index in [1.54, 1.807) is 6.92 Å². The quantitative estimate of drug-likeness (QED) is 0.757. The van der Waals surface area contributed by atoms with Crippen LogP contribution in [0.5, 0.6) is 0 Å². The highest BCUT2D eigenvalue weighted by molar-refractivity contribution is 7.89. The molecule has 1 atom stereocenters. The Bertz CT molecular complexity index is 495. The van der Waals surface area contributed by atoms with Crippen LogP contribution in [0.25, 0.3) is 0 Å². The van der Waals surface area contributed by atoms with Gasteiger partial charge in [0.2, 0.25) is 10.0 Å². The van der Waals surface area contributed by atoms with E-state index in [1.165, 1.54) is 10.4 Å². The van der Waals surface area contributed by atoms with Gasteiger partial charge in [0, 0.05) is 18.7 Å². The lowest BCUT2D eigenvalue weighted by molar-refractivity contribution is 0.341. The number of sulfonamides is 1. The molecule has 0 amide bonds. The van der Waals surface area contributed by atoms with Crippen LogP contribution in [0.1, 0.15) is 38.7 Å². The Labute approximate surface area is 114 Å². The molecule has 0 aromatic carbocycles. The standard InChI is InChI=1S/C12H20ClNO3S/c1-5-9(3)14(6-2)18(15,16)12-7-11(8-13)17-10(12)4/h7,9H,5-6,8H2,1-4H3. The predicted molar refractivity (Wildman–Crippen MR) is 72.3 cm³/mol. The Morgan fingerprint density at radius 2 is 2.06 bits per heavy atom. The average Bonchev–Trinajstić information content (AvgIpc) is 2.71. The predicted octanol–water partition coefficient (Wildman–Crippen LogP) is 3.14. The molecule has 0 bridgehead atoms. The zero-order chi connectivity index (χ0) is 13.9. The molecule has 0 saturated carbocycles. The van der Waals surface area contributed by atoms with Gasteiger partial charge in [-0.1, -0.05) is 13.8 Å². The molecule has 104 valence electrons. The number of hydrogen-bond donors (Lipinski definition) is 0. The second-order valence-corrected chi connectivity index (χ2v) is 6.36. The van der Waals surface area contributed by atoms with Crippen molar-refractivity contribution in [2.45, 2.75) is 50.9 Å². The Balaban J connectivity index is 3.22. The van der Waals surface area contributed by atoms with Crippen molar-refractivity contribution in [3.05, 3.63) is 17.6 Å². The number of halogens is 1. The van der Waals surface area contributed by atoms with E-state index >= 15 is 0 Å². The zero-order valence-corrected chi connectivity index (χ0v) is 12.8. The number of rotatable bonds is 6. The van der Waals surface area contributed by atoms with E-state index in [9.17, 15) is 8.42 Å². The largest absolute Gasteiger partial charge is 0.464 e. The van der Waals surface area contributed by atoms with Crippen molar-refractivity contribution in [1.82, 2.24) is 4.31 Å². The fourth-order valence-electron chi connectivity index (χ4n) is 1.89. The smallest absolute Gasteiger partial charge is 0.246 e. The zero-order valence-electron chi connectivity index (χ0n) is 11.2. The molecule has 18 heavy (non-hydrogen) atoms. The van der Waals surface area contributed by atoms with Gasteiger partial charge in [0.05, 0.1) is 5.88 Å². The summed E-state index contributed by atoms with van der Waals surface area (Å²) in [5, 5.41) is 0. The van der Waals surface area contributed by atoms with Gasteiger partial charge in [-0.3, -0.25) is 0 Å². The summed E-state index contributed by atoms with van der Waals surface area (Å²) < 4.78 is 31.9. The van der Waals surface area contributed by atoms with E-state index < -0.39 is 10.0 Å². The van der Waals surface area contributed by atoms with Crippen LogP contribution in [0, 0.1) is 6.92 Å². The molecule has 0 fully saturated rings. The Hall–Kier alpha value is -0.520. The Morgan fingerprint density at radius 3 is 2.44 bits per heavy atom. The van der Waals surface area contributed by atoms with Crippen LogP contribution in [-0.4, -0.2) is 25.3 Å². The summed E-state index contributed by atoms with van der Waals surface area (Å²) in [6, 6.07) is 1.48. The SMILES string of the molecule is CCC(C)N(CC)S(=O)(=O)c1cc(CCl)oc1C. The summed E-state index contributed by atoms with van der Waals surface area (Å²) in [5.74, 6) is 1.05. The van der Waals surface area contributed by atoms with Crippen molar-refractivity contribution in [1.29, 1.82) is 0 Å². The maximum atomic E-state index is 12.5. The number of furan rings is 1. The molecule has 1 rings (SSSR count). The third-order valence-corrected chi connectivity index (χ3v) is 5.50. The lowest BCUT2D eigenvalue weighted by atomic mass is 10.3. The maximum Gasteiger partial charge on any atom is 0.246 e. The van der Waals surface area contributed by atoms with Crippen molar-refractivity contribution in [2.75, 3.05) is 6.54 Å². The van der Waals surface area contributed by atoms with Gasteiger partial charge in [0.1, 0.15) is 16.4 Å². The second-order valence-electron chi connectivity index (χ2n) is 4.23. The fraction of sp³-hybridized carbons (Fsp3) is 0.667. The van der Waals surface area contributed by atoms with Crippen molar-refractivity contribution in [3.8, 4) is 0 Å². The number of hydrogen-bond acceptors (Lipinski definition) is 3. The molecule has 0 saturated heterocycles.